The molecule has 0 heterocycles. The van der Waals surface area contributed by atoms with E-state index in [2.05, 4.69) is 19.1 Å². The maximum atomic E-state index is 5.95. The van der Waals surface area contributed by atoms with Crippen molar-refractivity contribution in [3.8, 4) is 0 Å². The summed E-state index contributed by atoms with van der Waals surface area (Å²) in [5, 5.41) is 0. The van der Waals surface area contributed by atoms with Crippen LogP contribution in [0.5, 0.6) is 0 Å². The molecule has 0 amide bonds. The van der Waals surface area contributed by atoms with Crippen molar-refractivity contribution in [2.75, 3.05) is 5.75 Å². The number of thioether (sulfide) groups is 1. The molecule has 2 nitrogen and oxygen atoms in total. The summed E-state index contributed by atoms with van der Waals surface area (Å²) in [4.78, 5) is 0. The van der Waals surface area contributed by atoms with Crippen LogP contribution < -0.4 is 56.7 Å². The van der Waals surface area contributed by atoms with Gasteiger partial charge in [0.2, 0.25) is 0 Å². The maximum absolute atomic E-state index is 5.95. The van der Waals surface area contributed by atoms with Gasteiger partial charge in [0.25, 0.3) is 0 Å². The van der Waals surface area contributed by atoms with Crippen LogP contribution in [0.2, 0.25) is 0 Å². The third kappa shape index (κ3) is 7.49. The van der Waals surface area contributed by atoms with Gasteiger partial charge in [-0.05, 0) is 0 Å². The predicted molar refractivity (Wildman–Crippen MR) is 66.8 cm³/mol. The fraction of sp³-hybridized carbons (Fsp3) is 0.455. The number of rotatable bonds is 5. The second kappa shape index (κ2) is 13.7. The largest absolute Gasteiger partial charge is 1.00 e. The molecule has 0 spiro atoms. The number of halogens is 3. The Labute approximate surface area is 159 Å². The normalized spacial score (nSPS) is 12.5. The van der Waals surface area contributed by atoms with Crippen molar-refractivity contribution in [1.29, 1.82) is 0 Å². The fourth-order valence-electron chi connectivity index (χ4n) is 1.48. The number of benzene rings is 1. The molecule has 2 atom stereocenters. The van der Waals surface area contributed by atoms with E-state index in [1.807, 2.05) is 19.1 Å². The van der Waals surface area contributed by atoms with E-state index in [1.165, 1.54) is 11.1 Å². The SMILES string of the molecule is CCSC([O][Sn+3])c1ccccc1C(C)N.[Br-].[Br-].[Br-]. The second-order valence-electron chi connectivity index (χ2n) is 3.32. The molecule has 0 aliphatic carbocycles. The molecule has 0 bridgehead atoms. The predicted octanol–water partition coefficient (Wildman–Crippen LogP) is -6.43. The Morgan fingerprint density at radius 2 is 1.72 bits per heavy atom. The molecule has 0 saturated carbocycles. The van der Waals surface area contributed by atoms with E-state index in [1.54, 1.807) is 11.8 Å². The van der Waals surface area contributed by atoms with Crippen LogP contribution in [-0.4, -0.2) is 28.7 Å². The van der Waals surface area contributed by atoms with Gasteiger partial charge in [0, 0.05) is 0 Å². The summed E-state index contributed by atoms with van der Waals surface area (Å²) in [6.07, 6.45) is 0. The van der Waals surface area contributed by atoms with Gasteiger partial charge in [-0.3, -0.25) is 0 Å². The van der Waals surface area contributed by atoms with Crippen LogP contribution in [0.3, 0.4) is 0 Å². The van der Waals surface area contributed by atoms with E-state index >= 15 is 0 Å². The second-order valence-corrected chi connectivity index (χ2v) is 5.33. The van der Waals surface area contributed by atoms with Crippen molar-refractivity contribution in [3.63, 3.8) is 0 Å². The van der Waals surface area contributed by atoms with Gasteiger partial charge in [-0.2, -0.15) is 0 Å². The van der Waals surface area contributed by atoms with Gasteiger partial charge in [0.15, 0.2) is 0 Å². The van der Waals surface area contributed by atoms with Gasteiger partial charge in [0.1, 0.15) is 0 Å². The third-order valence-electron chi connectivity index (χ3n) is 2.17. The molecule has 1 rings (SSSR count). The van der Waals surface area contributed by atoms with Crippen LogP contribution >= 0.6 is 11.8 Å². The van der Waals surface area contributed by atoms with E-state index in [0.717, 1.165) is 28.7 Å². The first-order valence-electron chi connectivity index (χ1n) is 4.99. The zero-order valence-corrected chi connectivity index (χ0v) is 18.6. The first-order valence-corrected chi connectivity index (χ1v) is 7.20. The van der Waals surface area contributed by atoms with Crippen molar-refractivity contribution < 1.29 is 54.0 Å². The van der Waals surface area contributed by atoms with Gasteiger partial charge < -0.3 is 50.9 Å². The monoisotopic (exact) mass is 567 g/mol. The minimum atomic E-state index is 0. The summed E-state index contributed by atoms with van der Waals surface area (Å²) >= 11 is 2.91. The van der Waals surface area contributed by atoms with Crippen LogP contribution in [0, 0.1) is 0 Å². The molecule has 7 heteroatoms. The van der Waals surface area contributed by atoms with Crippen LogP contribution in [-0.2, 0) is 3.07 Å². The standard InChI is InChI=1S/C11H16NOS.3BrH.Sn/c1-3-14-11(13)10-7-5-4-6-9(10)8(2)12;;;;/h4-8,11H,3,12H2,1-2H3;3*1H;/q-1;;;;+4/p-3. The Morgan fingerprint density at radius 1 is 1.22 bits per heavy atom. The van der Waals surface area contributed by atoms with Gasteiger partial charge in [0.05, 0.1) is 0 Å². The number of hydrogen-bond acceptors (Lipinski definition) is 3. The summed E-state index contributed by atoms with van der Waals surface area (Å²) < 4.78 is 5.56. The topological polar surface area (TPSA) is 35.2 Å². The summed E-state index contributed by atoms with van der Waals surface area (Å²) in [5.74, 6) is 1.05. The molecule has 0 radical (unpaired) electrons. The van der Waals surface area contributed by atoms with Gasteiger partial charge >= 0.3 is 110 Å². The molecule has 0 saturated heterocycles. The van der Waals surface area contributed by atoms with Crippen LogP contribution in [0.1, 0.15) is 36.5 Å². The molecule has 0 fully saturated rings. The van der Waals surface area contributed by atoms with E-state index in [4.69, 9.17) is 8.81 Å². The van der Waals surface area contributed by atoms with E-state index in [9.17, 15) is 0 Å². The minimum absolute atomic E-state index is 0. The average Bonchev–Trinajstić information content (AvgIpc) is 2.26. The zero-order valence-electron chi connectivity index (χ0n) is 10.2. The smallest absolute Gasteiger partial charge is 1.00 e. The Kier molecular flexibility index (Phi) is 18.8. The van der Waals surface area contributed by atoms with Crippen molar-refractivity contribution in [2.24, 2.45) is 5.73 Å². The Balaban J connectivity index is -0.000000750. The molecular formula is C11H16Br3NOSSn. The Bertz CT molecular complexity index is 318. The molecule has 2 unspecified atom stereocenters. The fourth-order valence-corrected chi connectivity index (χ4v) is 3.19. The van der Waals surface area contributed by atoms with Gasteiger partial charge in [-0.15, -0.1) is 0 Å². The van der Waals surface area contributed by atoms with E-state index in [-0.39, 0.29) is 62.4 Å². The van der Waals surface area contributed by atoms with Crippen molar-refractivity contribution in [1.82, 2.24) is 0 Å². The average molecular weight is 569 g/mol. The number of nitrogens with two attached hydrogens (primary N) is 1. The molecule has 0 aromatic heterocycles. The summed E-state index contributed by atoms with van der Waals surface area (Å²) in [5.41, 5.74) is 8.48. The van der Waals surface area contributed by atoms with E-state index in [0.29, 0.717) is 0 Å². The number of hydrogen-bond donors (Lipinski definition) is 1. The van der Waals surface area contributed by atoms with Crippen LogP contribution in [0.4, 0.5) is 0 Å². The quantitative estimate of drug-likeness (QED) is 0.284. The Hall–Kier alpha value is 1.73. The molecule has 1 aromatic rings. The first kappa shape index (κ1) is 24.7. The van der Waals surface area contributed by atoms with Crippen LogP contribution in [0.15, 0.2) is 24.3 Å². The molecule has 2 N–H and O–H groups in total. The molecule has 18 heavy (non-hydrogen) atoms. The molecular weight excluding hydrogens is 553 g/mol. The first-order chi connectivity index (χ1) is 7.20. The summed E-state index contributed by atoms with van der Waals surface area (Å²) in [6, 6.07) is 8.32. The molecule has 1 aromatic carbocycles. The Morgan fingerprint density at radius 3 is 2.11 bits per heavy atom. The minimum Gasteiger partial charge on any atom is -1.00 e. The zero-order chi connectivity index (χ0) is 11.3. The summed E-state index contributed by atoms with van der Waals surface area (Å²) in [6.45, 7) is 4.15. The molecule has 102 valence electrons. The summed E-state index contributed by atoms with van der Waals surface area (Å²) in [7, 11) is 0. The van der Waals surface area contributed by atoms with Gasteiger partial charge in [-0.1, -0.05) is 0 Å². The van der Waals surface area contributed by atoms with Crippen molar-refractivity contribution in [2.45, 2.75) is 25.3 Å². The third-order valence-corrected chi connectivity index (χ3v) is 4.31. The maximum Gasteiger partial charge on any atom is -1.00 e. The van der Waals surface area contributed by atoms with Crippen molar-refractivity contribution in [3.05, 3.63) is 35.4 Å². The molecule has 0 aliphatic rings. The van der Waals surface area contributed by atoms with Crippen LogP contribution in [0.25, 0.3) is 0 Å². The van der Waals surface area contributed by atoms with Crippen molar-refractivity contribution >= 4 is 34.7 Å². The van der Waals surface area contributed by atoms with E-state index < -0.39 is 0 Å². The van der Waals surface area contributed by atoms with Gasteiger partial charge in [-0.25, -0.2) is 0 Å². The molecule has 0 aliphatic heterocycles.